The average molecular weight is 1730 g/mol. The standard InChI is InChI=1S/5C22H29S.5FH/c5*1-2-3-4-5-6-7-8-19-9-11-20(12-10-19)13-14-21-15-17-22(23)18-16-21;;;;;/h5*9-12,15-18H,2-8,13-14H2,1H3;5*1H. The highest BCUT2D eigenvalue weighted by atomic mass is 32.1. The highest BCUT2D eigenvalue weighted by molar-refractivity contribution is 7.81. The van der Waals surface area contributed by atoms with Gasteiger partial charge >= 0.3 is 0 Å². The smallest absolute Gasteiger partial charge is 0.0377 e. The molecule has 0 saturated heterocycles. The van der Waals surface area contributed by atoms with E-state index >= 15 is 0 Å². The average Bonchev–Trinajstić information content (AvgIpc) is 0.908. The number of hydrogen-bond acceptors (Lipinski definition) is 0. The molecule has 10 heteroatoms. The van der Waals surface area contributed by atoms with Crippen LogP contribution >= 0.6 is 63.1 Å². The van der Waals surface area contributed by atoms with E-state index in [-0.39, 0.29) is 23.5 Å². The van der Waals surface area contributed by atoms with Crippen LogP contribution in [0, 0.1) is 0 Å². The molecule has 0 saturated carbocycles. The van der Waals surface area contributed by atoms with Crippen LogP contribution in [0.3, 0.4) is 0 Å². The third-order valence-corrected chi connectivity index (χ3v) is 23.7. The van der Waals surface area contributed by atoms with Gasteiger partial charge in [-0.15, -0.1) is 0 Å². The molecular weight excluding hydrogens is 1580 g/mol. The molecule has 0 N–H and O–H groups in total. The molecule has 0 spiro atoms. The molecule has 0 aliphatic heterocycles. The van der Waals surface area contributed by atoms with Gasteiger partial charge in [-0.3, -0.25) is 23.5 Å². The maximum Gasteiger partial charge on any atom is 0.0377 e. The van der Waals surface area contributed by atoms with Crippen molar-refractivity contribution in [2.24, 2.45) is 0 Å². The van der Waals surface area contributed by atoms with Gasteiger partial charge in [0.2, 0.25) is 0 Å². The van der Waals surface area contributed by atoms with Crippen molar-refractivity contribution in [1.82, 2.24) is 0 Å². The predicted molar refractivity (Wildman–Crippen MR) is 529 cm³/mol. The van der Waals surface area contributed by atoms with Gasteiger partial charge in [0.25, 0.3) is 0 Å². The van der Waals surface area contributed by atoms with E-state index in [1.165, 1.54) is 308 Å². The van der Waals surface area contributed by atoms with E-state index in [2.05, 4.69) is 217 Å². The van der Waals surface area contributed by atoms with Crippen molar-refractivity contribution in [3.63, 3.8) is 0 Å². The number of rotatable bonds is 50. The molecule has 0 fully saturated rings. The molecule has 0 aliphatic carbocycles. The Kier molecular flexibility index (Phi) is 67.0. The summed E-state index contributed by atoms with van der Waals surface area (Å²) < 4.78 is 0. The first-order chi connectivity index (χ1) is 56.4. The van der Waals surface area contributed by atoms with E-state index in [1.54, 1.807) is 0 Å². The van der Waals surface area contributed by atoms with Crippen LogP contribution < -0.4 is 0 Å². The molecule has 0 bridgehead atoms. The summed E-state index contributed by atoms with van der Waals surface area (Å²) in [6.07, 6.45) is 58.3. The summed E-state index contributed by atoms with van der Waals surface area (Å²) in [5.74, 6) is 0. The fourth-order valence-corrected chi connectivity index (χ4v) is 15.3. The lowest BCUT2D eigenvalue weighted by atomic mass is 10.0. The highest BCUT2D eigenvalue weighted by Gasteiger charge is 2.06. The van der Waals surface area contributed by atoms with E-state index in [0.29, 0.717) is 0 Å². The summed E-state index contributed by atoms with van der Waals surface area (Å²) in [5, 5.41) is 0. The largest absolute Gasteiger partial charge is 0.269 e. The zero-order chi connectivity index (χ0) is 81.7. The lowest BCUT2D eigenvalue weighted by Crippen LogP contribution is -1.92. The Morgan fingerprint density at radius 2 is 0.200 bits per heavy atom. The molecule has 0 heterocycles. The van der Waals surface area contributed by atoms with Crippen LogP contribution in [0.25, 0.3) is 0 Å². The maximum atomic E-state index is 5.13. The van der Waals surface area contributed by atoms with E-state index in [0.717, 1.165) is 88.7 Å². The normalized spacial score (nSPS) is 10.4. The van der Waals surface area contributed by atoms with Crippen molar-refractivity contribution in [1.29, 1.82) is 0 Å². The molecule has 0 aliphatic rings. The minimum Gasteiger partial charge on any atom is -0.269 e. The molecule has 5 radical (unpaired) electrons. The maximum absolute atomic E-state index is 5.13. The van der Waals surface area contributed by atoms with Crippen LogP contribution in [0.1, 0.15) is 311 Å². The van der Waals surface area contributed by atoms with Gasteiger partial charge in [-0.1, -0.05) is 440 Å². The number of halogens is 5. The minimum atomic E-state index is 0. The topological polar surface area (TPSA) is 0 Å². The van der Waals surface area contributed by atoms with E-state index in [9.17, 15) is 0 Å². The second-order valence-electron chi connectivity index (χ2n) is 32.4. The third-order valence-electron chi connectivity index (χ3n) is 22.3. The Bertz CT molecular complexity index is 3340. The number of hydrogen-bond donors (Lipinski definition) is 0. The van der Waals surface area contributed by atoms with Crippen molar-refractivity contribution >= 4 is 63.1 Å². The SMILES string of the molecule is CCCCCCCCc1ccc(CCc2ccc([S])cc2)cc1.CCCCCCCCc1ccc(CCc2ccc([S])cc2)cc1.CCCCCCCCc1ccc(CCc2ccc([S])cc2)cc1.CCCCCCCCc1ccc(CCc2ccc([S])cc2)cc1.CCCCCCCCc1ccc(CCc2ccc([S])cc2)cc1.F.F.F.F.F. The summed E-state index contributed by atoms with van der Waals surface area (Å²) in [4.78, 5) is 4.62. The second kappa shape index (κ2) is 72.4. The minimum absolute atomic E-state index is 0. The highest BCUT2D eigenvalue weighted by Crippen LogP contribution is 2.22. The molecule has 10 aromatic carbocycles. The molecule has 0 atom stereocenters. The van der Waals surface area contributed by atoms with Crippen LogP contribution in [0.2, 0.25) is 0 Å². The van der Waals surface area contributed by atoms with Gasteiger partial charge in [-0.05, 0) is 273 Å². The molecule has 10 rings (SSSR count). The Morgan fingerprint density at radius 3 is 0.308 bits per heavy atom. The summed E-state index contributed by atoms with van der Waals surface area (Å²) >= 11 is 25.6. The Labute approximate surface area is 755 Å². The van der Waals surface area contributed by atoms with Gasteiger partial charge in [0.05, 0.1) is 0 Å². The molecule has 120 heavy (non-hydrogen) atoms. The quantitative estimate of drug-likeness (QED) is 0.0263. The summed E-state index contributed by atoms with van der Waals surface area (Å²) in [6, 6.07) is 87.8. The molecule has 0 amide bonds. The number of benzene rings is 10. The van der Waals surface area contributed by atoms with Gasteiger partial charge in [0.1, 0.15) is 0 Å². The first-order valence-corrected chi connectivity index (χ1v) is 47.6. The zero-order valence-corrected chi connectivity index (χ0v) is 78.1. The van der Waals surface area contributed by atoms with Crippen LogP contribution in [-0.2, 0) is 96.3 Å². The molecule has 10 aromatic rings. The van der Waals surface area contributed by atoms with Crippen LogP contribution in [0.4, 0.5) is 23.5 Å². The van der Waals surface area contributed by atoms with Gasteiger partial charge in [0.15, 0.2) is 0 Å². The van der Waals surface area contributed by atoms with E-state index in [1.807, 2.05) is 60.7 Å². The molecule has 0 unspecified atom stereocenters. The first-order valence-electron chi connectivity index (χ1n) is 45.6. The molecule has 655 valence electrons. The van der Waals surface area contributed by atoms with Crippen molar-refractivity contribution in [2.75, 3.05) is 0 Å². The molecular formula is C110H150F5S5. The Hall–Kier alpha value is -7.05. The molecule has 0 nitrogen and oxygen atoms in total. The summed E-state index contributed by atoms with van der Waals surface area (Å²) in [7, 11) is 0. The molecule has 0 aromatic heterocycles. The van der Waals surface area contributed by atoms with Crippen molar-refractivity contribution in [3.05, 3.63) is 326 Å². The Balaban J connectivity index is 0.000000742. The van der Waals surface area contributed by atoms with E-state index in [4.69, 9.17) is 63.1 Å². The van der Waals surface area contributed by atoms with Crippen LogP contribution in [0.5, 0.6) is 0 Å². The summed E-state index contributed by atoms with van der Waals surface area (Å²) in [6.45, 7) is 11.4. The second-order valence-corrected chi connectivity index (χ2v) is 34.7. The lowest BCUT2D eigenvalue weighted by molar-refractivity contribution is 0.607. The number of aryl methyl sites for hydroxylation is 15. The monoisotopic (exact) mass is 1730 g/mol. The first kappa shape index (κ1) is 111. The fourth-order valence-electron chi connectivity index (χ4n) is 14.6. The predicted octanol–water partition coefficient (Wildman–Crippen LogP) is 35.4. The Morgan fingerprint density at radius 1 is 0.117 bits per heavy atom. The van der Waals surface area contributed by atoms with Gasteiger partial charge in [0, 0.05) is 24.5 Å². The van der Waals surface area contributed by atoms with Crippen LogP contribution in [0.15, 0.2) is 267 Å². The van der Waals surface area contributed by atoms with Crippen molar-refractivity contribution in [3.8, 4) is 0 Å². The van der Waals surface area contributed by atoms with Crippen molar-refractivity contribution < 1.29 is 23.5 Å². The number of unbranched alkanes of at least 4 members (excludes halogenated alkanes) is 25. The van der Waals surface area contributed by atoms with Gasteiger partial charge < -0.3 is 0 Å². The van der Waals surface area contributed by atoms with Crippen molar-refractivity contribution in [2.45, 2.75) is 348 Å². The third kappa shape index (κ3) is 53.8. The van der Waals surface area contributed by atoms with Gasteiger partial charge in [-0.2, -0.15) is 0 Å². The lowest BCUT2D eigenvalue weighted by Gasteiger charge is -2.05. The van der Waals surface area contributed by atoms with Crippen LogP contribution in [-0.4, -0.2) is 0 Å². The van der Waals surface area contributed by atoms with E-state index < -0.39 is 0 Å². The fraction of sp³-hybridized carbons (Fsp3) is 0.455. The summed E-state index contributed by atoms with van der Waals surface area (Å²) in [5.41, 5.74) is 21.4. The van der Waals surface area contributed by atoms with Gasteiger partial charge in [-0.25, -0.2) is 0 Å². The zero-order valence-electron chi connectivity index (χ0n) is 74.0.